The highest BCUT2D eigenvalue weighted by Gasteiger charge is 2.33. The van der Waals surface area contributed by atoms with Gasteiger partial charge in [-0.2, -0.15) is 5.10 Å². The molecular formula is C27H31Cl2N7O. The summed E-state index contributed by atoms with van der Waals surface area (Å²) in [5.41, 5.74) is 4.49. The van der Waals surface area contributed by atoms with E-state index in [0.29, 0.717) is 34.0 Å². The lowest BCUT2D eigenvalue weighted by Crippen LogP contribution is -2.45. The van der Waals surface area contributed by atoms with E-state index in [1.54, 1.807) is 29.3 Å². The lowest BCUT2D eigenvalue weighted by molar-refractivity contribution is 0.0982. The topological polar surface area (TPSA) is 82.1 Å². The first-order chi connectivity index (χ1) is 17.9. The van der Waals surface area contributed by atoms with Gasteiger partial charge in [-0.25, -0.2) is 4.98 Å². The first-order valence-electron chi connectivity index (χ1n) is 12.7. The third-order valence-corrected chi connectivity index (χ3v) is 7.22. The van der Waals surface area contributed by atoms with E-state index in [4.69, 9.17) is 23.2 Å². The number of nitrogens with zero attached hydrogens (tertiary/aromatic N) is 5. The second kappa shape index (κ2) is 10.7. The molecule has 1 fully saturated rings. The maximum Gasteiger partial charge on any atom is 0.263 e. The largest absolute Gasteiger partial charge is 0.355 e. The van der Waals surface area contributed by atoms with Gasteiger partial charge in [0.2, 0.25) is 0 Å². The fraction of sp³-hybridized carbons (Fsp3) is 0.370. The van der Waals surface area contributed by atoms with Crippen molar-refractivity contribution in [3.63, 3.8) is 0 Å². The number of para-hydroxylation sites is 1. The number of fused-ring (bicyclic) bond motifs is 3. The van der Waals surface area contributed by atoms with Crippen molar-refractivity contribution in [2.45, 2.75) is 39.2 Å². The summed E-state index contributed by atoms with van der Waals surface area (Å²) in [6.07, 6.45) is 9.09. The van der Waals surface area contributed by atoms with Crippen LogP contribution in [0.3, 0.4) is 0 Å². The van der Waals surface area contributed by atoms with Gasteiger partial charge in [-0.3, -0.25) is 14.4 Å². The highest BCUT2D eigenvalue weighted by atomic mass is 35.5. The van der Waals surface area contributed by atoms with E-state index in [-0.39, 0.29) is 5.91 Å². The number of aromatic nitrogens is 4. The normalized spacial score (nSPS) is 17.5. The molecule has 0 aliphatic carbocycles. The Bertz CT molecular complexity index is 1400. The number of pyridine rings is 1. The molecule has 1 unspecified atom stereocenters. The molecule has 194 valence electrons. The molecule has 37 heavy (non-hydrogen) atoms. The third-order valence-electron chi connectivity index (χ3n) is 6.61. The smallest absolute Gasteiger partial charge is 0.263 e. The van der Waals surface area contributed by atoms with E-state index in [9.17, 15) is 4.79 Å². The van der Waals surface area contributed by atoms with E-state index in [0.717, 1.165) is 53.9 Å². The predicted octanol–water partition coefficient (Wildman–Crippen LogP) is 6.13. The number of H-pyrrole nitrogens is 1. The van der Waals surface area contributed by atoms with Crippen LogP contribution in [0.5, 0.6) is 0 Å². The quantitative estimate of drug-likeness (QED) is 0.327. The number of aromatic amines is 1. The Balaban J connectivity index is 0.000000892. The summed E-state index contributed by atoms with van der Waals surface area (Å²) in [6, 6.07) is 7.64. The fourth-order valence-corrected chi connectivity index (χ4v) is 5.53. The molecule has 1 aromatic carbocycles. The zero-order chi connectivity index (χ0) is 26.1. The van der Waals surface area contributed by atoms with E-state index >= 15 is 0 Å². The van der Waals surface area contributed by atoms with Gasteiger partial charge in [-0.05, 0) is 37.6 Å². The van der Waals surface area contributed by atoms with Gasteiger partial charge in [0.05, 0.1) is 51.6 Å². The van der Waals surface area contributed by atoms with E-state index in [1.165, 1.54) is 6.42 Å². The maximum atomic E-state index is 13.5. The van der Waals surface area contributed by atoms with E-state index in [1.807, 2.05) is 28.9 Å². The van der Waals surface area contributed by atoms with Gasteiger partial charge >= 0.3 is 0 Å². The molecule has 3 aromatic heterocycles. The molecule has 10 heteroatoms. The predicted molar refractivity (Wildman–Crippen MR) is 151 cm³/mol. The minimum atomic E-state index is -0.183. The van der Waals surface area contributed by atoms with Gasteiger partial charge in [-0.1, -0.05) is 49.5 Å². The molecule has 2 aliphatic heterocycles. The van der Waals surface area contributed by atoms with Gasteiger partial charge in [0.25, 0.3) is 5.91 Å². The lowest BCUT2D eigenvalue weighted by atomic mass is 10.1. The van der Waals surface area contributed by atoms with Crippen LogP contribution in [0.2, 0.25) is 10.0 Å². The number of amides is 1. The van der Waals surface area contributed by atoms with Crippen LogP contribution in [0.4, 0.5) is 11.4 Å². The molecule has 1 amide bonds. The van der Waals surface area contributed by atoms with Crippen molar-refractivity contribution in [2.75, 3.05) is 36.6 Å². The number of benzene rings is 1. The molecule has 4 aromatic rings. The Hall–Kier alpha value is -3.07. The summed E-state index contributed by atoms with van der Waals surface area (Å²) in [6.45, 7) is 6.57. The van der Waals surface area contributed by atoms with Crippen LogP contribution in [0.25, 0.3) is 22.3 Å². The number of rotatable bonds is 3. The van der Waals surface area contributed by atoms with Crippen molar-refractivity contribution in [1.82, 2.24) is 25.1 Å². The third kappa shape index (κ3) is 4.81. The van der Waals surface area contributed by atoms with Crippen molar-refractivity contribution in [3.05, 3.63) is 58.5 Å². The van der Waals surface area contributed by atoms with E-state index < -0.39 is 0 Å². The van der Waals surface area contributed by atoms with Crippen LogP contribution < -0.4 is 15.1 Å². The van der Waals surface area contributed by atoms with Crippen LogP contribution >= 0.6 is 23.2 Å². The molecule has 0 saturated carbocycles. The summed E-state index contributed by atoms with van der Waals surface area (Å²) in [5.74, 6) is -0.183. The average Bonchev–Trinajstić information content (AvgIpc) is 3.55. The highest BCUT2D eigenvalue weighted by Crippen LogP contribution is 2.40. The number of piperidine rings is 1. The Labute approximate surface area is 226 Å². The summed E-state index contributed by atoms with van der Waals surface area (Å²) in [4.78, 5) is 25.1. The van der Waals surface area contributed by atoms with Crippen LogP contribution in [0.15, 0.2) is 42.9 Å². The standard InChI is InChI=1S/C24H23Cl2N7O.C3H8/c1-31-13-32(22-18(25)5-2-6-19(22)26)24(34)17-11-28-23-16(21(17)31)8-20(30-23)14-9-29-33(12-14)15-4-3-7-27-10-15;1-3-2/h2,5-6,8-9,11-12,15,27H,3-4,7,10,13H2,1H3,(H,28,30);3H2,1-2H3. The van der Waals surface area contributed by atoms with Gasteiger partial charge in [0.1, 0.15) is 5.65 Å². The molecule has 2 N–H and O–H groups in total. The number of halogens is 2. The average molecular weight is 540 g/mol. The Morgan fingerprint density at radius 3 is 2.59 bits per heavy atom. The molecule has 2 aliphatic rings. The first-order valence-corrected chi connectivity index (χ1v) is 13.4. The minimum absolute atomic E-state index is 0.183. The molecule has 1 saturated heterocycles. The van der Waals surface area contributed by atoms with Gasteiger partial charge in [0, 0.05) is 36.9 Å². The maximum absolute atomic E-state index is 13.5. The molecule has 0 bridgehead atoms. The molecule has 0 radical (unpaired) electrons. The first kappa shape index (κ1) is 25.6. The van der Waals surface area contributed by atoms with Crippen molar-refractivity contribution < 1.29 is 4.79 Å². The van der Waals surface area contributed by atoms with Crippen molar-refractivity contribution in [2.24, 2.45) is 0 Å². The summed E-state index contributed by atoms with van der Waals surface area (Å²) in [7, 11) is 1.95. The SMILES string of the molecule is CCC.CN1CN(c2c(Cl)cccc2Cl)C(=O)c2cnc3[nH]c(-c4cnn(C5CCCNC5)c4)cc3c21. The second-order valence-corrected chi connectivity index (χ2v) is 10.3. The minimum Gasteiger partial charge on any atom is -0.355 e. The molecule has 5 heterocycles. The zero-order valence-corrected chi connectivity index (χ0v) is 22.8. The number of anilines is 2. The van der Waals surface area contributed by atoms with Crippen molar-refractivity contribution in [3.8, 4) is 11.3 Å². The van der Waals surface area contributed by atoms with Crippen LogP contribution in [-0.2, 0) is 0 Å². The molecule has 6 rings (SSSR count). The molecular weight excluding hydrogens is 509 g/mol. The summed E-state index contributed by atoms with van der Waals surface area (Å²) >= 11 is 12.8. The Morgan fingerprint density at radius 1 is 1.14 bits per heavy atom. The Morgan fingerprint density at radius 2 is 1.89 bits per heavy atom. The molecule has 0 spiro atoms. The monoisotopic (exact) mass is 539 g/mol. The summed E-state index contributed by atoms with van der Waals surface area (Å²) < 4.78 is 2.04. The lowest BCUT2D eigenvalue weighted by Gasteiger charge is -2.36. The number of carbonyl (C=O) groups is 1. The molecule has 1 atom stereocenters. The number of carbonyl (C=O) groups excluding carboxylic acids is 1. The number of hydrogen-bond acceptors (Lipinski definition) is 5. The Kier molecular flexibility index (Phi) is 7.42. The van der Waals surface area contributed by atoms with Crippen molar-refractivity contribution >= 4 is 51.5 Å². The van der Waals surface area contributed by atoms with Gasteiger partial charge in [-0.15, -0.1) is 0 Å². The van der Waals surface area contributed by atoms with Crippen LogP contribution in [0, 0.1) is 0 Å². The van der Waals surface area contributed by atoms with Crippen molar-refractivity contribution in [1.29, 1.82) is 0 Å². The van der Waals surface area contributed by atoms with E-state index in [2.05, 4.69) is 40.4 Å². The fourth-order valence-electron chi connectivity index (χ4n) is 4.93. The number of hydrogen-bond donors (Lipinski definition) is 2. The van der Waals surface area contributed by atoms with Gasteiger partial charge < -0.3 is 15.2 Å². The highest BCUT2D eigenvalue weighted by molar-refractivity contribution is 6.40. The zero-order valence-electron chi connectivity index (χ0n) is 21.3. The van der Waals surface area contributed by atoms with Gasteiger partial charge in [0.15, 0.2) is 0 Å². The second-order valence-electron chi connectivity index (χ2n) is 9.52. The molecule has 8 nitrogen and oxygen atoms in total. The summed E-state index contributed by atoms with van der Waals surface area (Å²) in [5, 5.41) is 9.79. The van der Waals surface area contributed by atoms with Crippen LogP contribution in [0.1, 0.15) is 49.5 Å². The number of nitrogens with one attached hydrogen (secondary N) is 2. The van der Waals surface area contributed by atoms with Crippen LogP contribution in [-0.4, -0.2) is 52.5 Å².